The third kappa shape index (κ3) is 4.34. The molecule has 0 spiro atoms. The van der Waals surface area contributed by atoms with Gasteiger partial charge in [0.1, 0.15) is 4.92 Å². The van der Waals surface area contributed by atoms with E-state index in [0.717, 1.165) is 11.6 Å². The molecule has 0 atom stereocenters. The van der Waals surface area contributed by atoms with Crippen molar-refractivity contribution in [3.05, 3.63) is 87.9 Å². The van der Waals surface area contributed by atoms with E-state index in [-0.39, 0.29) is 29.5 Å². The zero-order valence-corrected chi connectivity index (χ0v) is 13.9. The Morgan fingerprint density at radius 3 is 2.59 bits per heavy atom. The zero-order valence-electron chi connectivity index (χ0n) is 13.9. The van der Waals surface area contributed by atoms with Gasteiger partial charge in [-0.15, -0.1) is 0 Å². The highest BCUT2D eigenvalue weighted by atomic mass is 16.6. The molecule has 9 nitrogen and oxygen atoms in total. The van der Waals surface area contributed by atoms with Crippen molar-refractivity contribution in [2.24, 2.45) is 0 Å². The molecular formula is C18H14N4O5. The number of benzene rings is 1. The number of nitrogens with one attached hydrogen (secondary N) is 2. The summed E-state index contributed by atoms with van der Waals surface area (Å²) in [6.45, 7) is 0.277. The van der Waals surface area contributed by atoms with Gasteiger partial charge in [-0.2, -0.15) is 0 Å². The number of furan rings is 1. The zero-order chi connectivity index (χ0) is 19.2. The van der Waals surface area contributed by atoms with Crippen molar-refractivity contribution in [2.75, 3.05) is 5.32 Å². The quantitative estimate of drug-likeness (QED) is 0.510. The molecule has 0 saturated carbocycles. The van der Waals surface area contributed by atoms with Crippen LogP contribution in [0.15, 0.2) is 65.3 Å². The van der Waals surface area contributed by atoms with Crippen LogP contribution in [0.2, 0.25) is 0 Å². The van der Waals surface area contributed by atoms with Gasteiger partial charge in [0.25, 0.3) is 11.8 Å². The molecule has 0 saturated heterocycles. The molecular weight excluding hydrogens is 352 g/mol. The van der Waals surface area contributed by atoms with Gasteiger partial charge in [-0.1, -0.05) is 18.2 Å². The van der Waals surface area contributed by atoms with Gasteiger partial charge in [-0.05, 0) is 29.8 Å². The summed E-state index contributed by atoms with van der Waals surface area (Å²) >= 11 is 0. The van der Waals surface area contributed by atoms with E-state index in [0.29, 0.717) is 0 Å². The van der Waals surface area contributed by atoms with E-state index in [4.69, 9.17) is 4.42 Å². The summed E-state index contributed by atoms with van der Waals surface area (Å²) in [5.74, 6) is -1.86. The van der Waals surface area contributed by atoms with Gasteiger partial charge < -0.3 is 15.1 Å². The molecule has 3 aromatic rings. The SMILES string of the molecule is O=C(Nc1ccccc1C(=O)NCc1cccnc1)c1ccc([N+](=O)[O-])o1. The molecule has 0 radical (unpaired) electrons. The van der Waals surface area contributed by atoms with Gasteiger partial charge in [-0.3, -0.25) is 24.7 Å². The molecule has 0 bridgehead atoms. The average Bonchev–Trinajstić information content (AvgIpc) is 3.18. The van der Waals surface area contributed by atoms with Crippen molar-refractivity contribution >= 4 is 23.4 Å². The minimum Gasteiger partial charge on any atom is -0.395 e. The van der Waals surface area contributed by atoms with E-state index in [1.807, 2.05) is 6.07 Å². The molecule has 27 heavy (non-hydrogen) atoms. The van der Waals surface area contributed by atoms with E-state index >= 15 is 0 Å². The molecule has 2 N–H and O–H groups in total. The molecule has 2 amide bonds. The molecule has 136 valence electrons. The van der Waals surface area contributed by atoms with Crippen molar-refractivity contribution in [2.45, 2.75) is 6.54 Å². The number of aromatic nitrogens is 1. The van der Waals surface area contributed by atoms with Gasteiger partial charge in [0.05, 0.1) is 17.3 Å². The first kappa shape index (κ1) is 17.8. The van der Waals surface area contributed by atoms with E-state index in [9.17, 15) is 19.7 Å². The van der Waals surface area contributed by atoms with Crippen LogP contribution in [0.5, 0.6) is 0 Å². The van der Waals surface area contributed by atoms with Crippen LogP contribution in [0.25, 0.3) is 0 Å². The van der Waals surface area contributed by atoms with E-state index in [1.54, 1.807) is 42.7 Å². The van der Waals surface area contributed by atoms with E-state index in [1.165, 1.54) is 6.07 Å². The molecule has 0 aliphatic heterocycles. The Morgan fingerprint density at radius 1 is 1.07 bits per heavy atom. The van der Waals surface area contributed by atoms with Crippen LogP contribution in [0.1, 0.15) is 26.5 Å². The number of nitrogens with zero attached hydrogens (tertiary/aromatic N) is 2. The van der Waals surface area contributed by atoms with Crippen LogP contribution in [-0.2, 0) is 6.54 Å². The molecule has 2 heterocycles. The number of para-hydroxylation sites is 1. The van der Waals surface area contributed by atoms with Crippen LogP contribution in [-0.4, -0.2) is 21.7 Å². The van der Waals surface area contributed by atoms with Crippen LogP contribution in [0, 0.1) is 10.1 Å². The van der Waals surface area contributed by atoms with Crippen molar-refractivity contribution in [3.8, 4) is 0 Å². The Morgan fingerprint density at radius 2 is 1.89 bits per heavy atom. The number of rotatable bonds is 6. The largest absolute Gasteiger partial charge is 0.433 e. The second-order valence-corrected chi connectivity index (χ2v) is 5.44. The van der Waals surface area contributed by atoms with Gasteiger partial charge in [0.2, 0.25) is 0 Å². The summed E-state index contributed by atoms with van der Waals surface area (Å²) in [6, 6.07) is 12.3. The van der Waals surface area contributed by atoms with Crippen LogP contribution in [0.3, 0.4) is 0 Å². The minimum absolute atomic E-state index is 0.229. The Bertz CT molecular complexity index is 984. The number of carbonyl (C=O) groups is 2. The number of pyridine rings is 1. The lowest BCUT2D eigenvalue weighted by Gasteiger charge is -2.10. The Labute approximate surface area is 153 Å². The van der Waals surface area contributed by atoms with Crippen LogP contribution in [0.4, 0.5) is 11.6 Å². The Kier molecular flexibility index (Phi) is 5.22. The predicted octanol–water partition coefficient (Wildman–Crippen LogP) is 2.77. The molecule has 0 fully saturated rings. The smallest absolute Gasteiger partial charge is 0.395 e. The van der Waals surface area contributed by atoms with Crippen molar-refractivity contribution in [3.63, 3.8) is 0 Å². The maximum absolute atomic E-state index is 12.5. The number of hydrogen-bond donors (Lipinski definition) is 2. The second kappa shape index (κ2) is 7.91. The minimum atomic E-state index is -0.739. The maximum atomic E-state index is 12.5. The third-order valence-electron chi connectivity index (χ3n) is 3.59. The lowest BCUT2D eigenvalue weighted by molar-refractivity contribution is -0.402. The van der Waals surface area contributed by atoms with E-state index in [2.05, 4.69) is 15.6 Å². The maximum Gasteiger partial charge on any atom is 0.433 e. The number of nitro groups is 1. The summed E-state index contributed by atoms with van der Waals surface area (Å²) in [7, 11) is 0. The highest BCUT2D eigenvalue weighted by Crippen LogP contribution is 2.19. The topological polar surface area (TPSA) is 127 Å². The summed E-state index contributed by atoms with van der Waals surface area (Å²) in [5, 5.41) is 15.9. The van der Waals surface area contributed by atoms with Gasteiger partial charge in [0, 0.05) is 18.9 Å². The lowest BCUT2D eigenvalue weighted by atomic mass is 10.1. The first-order chi connectivity index (χ1) is 13.0. The molecule has 9 heteroatoms. The third-order valence-corrected chi connectivity index (χ3v) is 3.59. The van der Waals surface area contributed by atoms with Gasteiger partial charge in [-0.25, -0.2) is 0 Å². The first-order valence-corrected chi connectivity index (χ1v) is 7.86. The first-order valence-electron chi connectivity index (χ1n) is 7.86. The van der Waals surface area contributed by atoms with Crippen LogP contribution < -0.4 is 10.6 Å². The fourth-order valence-corrected chi connectivity index (χ4v) is 2.30. The Balaban J connectivity index is 1.72. The molecule has 0 aliphatic rings. The summed E-state index contributed by atoms with van der Waals surface area (Å²) in [4.78, 5) is 38.6. The molecule has 1 aromatic carbocycles. The predicted molar refractivity (Wildman–Crippen MR) is 95.2 cm³/mol. The highest BCUT2D eigenvalue weighted by molar-refractivity contribution is 6.07. The molecule has 2 aromatic heterocycles. The van der Waals surface area contributed by atoms with Gasteiger partial charge in [0.15, 0.2) is 5.76 Å². The summed E-state index contributed by atoms with van der Waals surface area (Å²) in [6.07, 6.45) is 3.27. The standard InChI is InChI=1S/C18H14N4O5/c23-17(20-11-12-4-3-9-19-10-12)13-5-1-2-6-14(13)21-18(24)15-7-8-16(27-15)22(25)26/h1-10H,11H2,(H,20,23)(H,21,24). The molecule has 0 unspecified atom stereocenters. The average molecular weight is 366 g/mol. The highest BCUT2D eigenvalue weighted by Gasteiger charge is 2.19. The van der Waals surface area contributed by atoms with E-state index < -0.39 is 16.7 Å². The molecule has 0 aliphatic carbocycles. The second-order valence-electron chi connectivity index (χ2n) is 5.44. The summed E-state index contributed by atoms with van der Waals surface area (Å²) < 4.78 is 4.87. The van der Waals surface area contributed by atoms with Crippen molar-refractivity contribution in [1.29, 1.82) is 0 Å². The van der Waals surface area contributed by atoms with Crippen molar-refractivity contribution < 1.29 is 18.9 Å². The lowest BCUT2D eigenvalue weighted by Crippen LogP contribution is -2.24. The normalized spacial score (nSPS) is 10.2. The summed E-state index contributed by atoms with van der Waals surface area (Å²) in [5.41, 5.74) is 1.33. The molecule has 3 rings (SSSR count). The number of carbonyl (C=O) groups excluding carboxylic acids is 2. The van der Waals surface area contributed by atoms with Gasteiger partial charge >= 0.3 is 5.88 Å². The fourth-order valence-electron chi connectivity index (χ4n) is 2.30. The van der Waals surface area contributed by atoms with Crippen molar-refractivity contribution in [1.82, 2.24) is 10.3 Å². The van der Waals surface area contributed by atoms with Crippen LogP contribution >= 0.6 is 0 Å². The monoisotopic (exact) mass is 366 g/mol. The number of hydrogen-bond acceptors (Lipinski definition) is 6. The fraction of sp³-hybridized carbons (Fsp3) is 0.0556. The Hall–Kier alpha value is -4.01. The number of anilines is 1. The number of amides is 2.